The maximum atomic E-state index is 6.03. The highest BCUT2D eigenvalue weighted by molar-refractivity contribution is 7.17. The normalized spacial score (nSPS) is 11.9. The van der Waals surface area contributed by atoms with Gasteiger partial charge in [0, 0.05) is 15.8 Å². The molecule has 1 aromatic carbocycles. The Morgan fingerprint density at radius 2 is 2.18 bits per heavy atom. The quantitative estimate of drug-likeness (QED) is 0.408. The lowest BCUT2D eigenvalue weighted by Crippen LogP contribution is -1.99. The summed E-state index contributed by atoms with van der Waals surface area (Å²) in [4.78, 5) is 8.94. The van der Waals surface area contributed by atoms with Gasteiger partial charge in [-0.15, -0.1) is 28.0 Å². The number of benzene rings is 1. The Kier molecular flexibility index (Phi) is 4.70. The van der Waals surface area contributed by atoms with Crippen LogP contribution in [0.5, 0.6) is 0 Å². The van der Waals surface area contributed by atoms with Crippen LogP contribution in [0.1, 0.15) is 12.8 Å². The summed E-state index contributed by atoms with van der Waals surface area (Å²) in [5.74, 6) is 3.23. The molecule has 0 aliphatic carbocycles. The molecule has 6 nitrogen and oxygen atoms in total. The first-order chi connectivity index (χ1) is 13.7. The summed E-state index contributed by atoms with van der Waals surface area (Å²) in [7, 11) is 0. The van der Waals surface area contributed by atoms with Crippen molar-refractivity contribution in [2.24, 2.45) is 0 Å². The Balaban J connectivity index is 1.75. The van der Waals surface area contributed by atoms with Gasteiger partial charge in [0.15, 0.2) is 11.5 Å². The topological polar surface area (TPSA) is 90.7 Å². The maximum absolute atomic E-state index is 6.03. The van der Waals surface area contributed by atoms with E-state index in [4.69, 9.17) is 16.6 Å². The highest BCUT2D eigenvalue weighted by Gasteiger charge is 2.17. The first-order valence-corrected chi connectivity index (χ1v) is 9.28. The molecule has 0 bridgehead atoms. The van der Waals surface area contributed by atoms with Gasteiger partial charge in [0.1, 0.15) is 0 Å². The van der Waals surface area contributed by atoms with Gasteiger partial charge in [-0.3, -0.25) is 0 Å². The molecule has 0 amide bonds. The lowest BCUT2D eigenvalue weighted by molar-refractivity contribution is 0.551. The van der Waals surface area contributed by atoms with Crippen molar-refractivity contribution in [2.45, 2.75) is 6.92 Å². The van der Waals surface area contributed by atoms with E-state index in [2.05, 4.69) is 38.2 Å². The van der Waals surface area contributed by atoms with Crippen LogP contribution in [-0.4, -0.2) is 20.2 Å². The van der Waals surface area contributed by atoms with Gasteiger partial charge < -0.3 is 10.2 Å². The average molecular weight is 385 g/mol. The van der Waals surface area contributed by atoms with Gasteiger partial charge in [-0.2, -0.15) is 0 Å². The molecule has 0 atom stereocenters. The Hall–Kier alpha value is -3.76. The minimum Gasteiger partial charge on any atom is -0.415 e. The van der Waals surface area contributed by atoms with Crippen molar-refractivity contribution >= 4 is 32.8 Å². The number of nitrogen functional groups attached to an aromatic ring is 1. The van der Waals surface area contributed by atoms with E-state index >= 15 is 0 Å². The van der Waals surface area contributed by atoms with Crippen molar-refractivity contribution in [3.63, 3.8) is 0 Å². The van der Waals surface area contributed by atoms with Crippen LogP contribution in [0.25, 0.3) is 38.5 Å². The van der Waals surface area contributed by atoms with Crippen LogP contribution in [0, 0.1) is 12.3 Å². The number of nitrogens with zero attached hydrogens (tertiary/aromatic N) is 4. The van der Waals surface area contributed by atoms with Gasteiger partial charge in [0.2, 0.25) is 5.89 Å². The van der Waals surface area contributed by atoms with Crippen LogP contribution in [-0.2, 0) is 0 Å². The highest BCUT2D eigenvalue weighted by atomic mass is 32.1. The van der Waals surface area contributed by atoms with Gasteiger partial charge >= 0.3 is 0 Å². The molecule has 4 aromatic rings. The van der Waals surface area contributed by atoms with Gasteiger partial charge in [0.25, 0.3) is 5.89 Å². The molecule has 0 fully saturated rings. The monoisotopic (exact) mass is 385 g/mol. The van der Waals surface area contributed by atoms with Crippen LogP contribution in [0.3, 0.4) is 0 Å². The van der Waals surface area contributed by atoms with Gasteiger partial charge in [-0.25, -0.2) is 9.97 Å². The largest absolute Gasteiger partial charge is 0.415 e. The predicted molar refractivity (Wildman–Crippen MR) is 112 cm³/mol. The molecule has 2 N–H and O–H groups in total. The summed E-state index contributed by atoms with van der Waals surface area (Å²) in [6.45, 7) is 1.85. The first kappa shape index (κ1) is 17.6. The first-order valence-electron chi connectivity index (χ1n) is 8.40. The van der Waals surface area contributed by atoms with E-state index in [0.717, 1.165) is 21.2 Å². The number of thiophene rings is 1. The Morgan fingerprint density at radius 3 is 3.04 bits per heavy atom. The van der Waals surface area contributed by atoms with Crippen LogP contribution in [0.2, 0.25) is 0 Å². The standard InChI is InChI=1S/C21H15N5OS/c1-3-4-5-7-13(2)20-25-26-21(27-20)17-19(22)23-12-16(24-17)15-9-6-8-14-10-11-28-18(14)15/h1,4-12H,2H3,(H2,22,23)/b5-4-,13-7+. The zero-order chi connectivity index (χ0) is 19.5. The molecule has 0 saturated heterocycles. The minimum absolute atomic E-state index is 0.217. The van der Waals surface area contributed by atoms with E-state index < -0.39 is 0 Å². The third-order valence-corrected chi connectivity index (χ3v) is 5.02. The molecule has 0 spiro atoms. The van der Waals surface area contributed by atoms with Crippen molar-refractivity contribution in [2.75, 3.05) is 5.73 Å². The average Bonchev–Trinajstić information content (AvgIpc) is 3.38. The maximum Gasteiger partial charge on any atom is 0.270 e. The van der Waals surface area contributed by atoms with Gasteiger partial charge in [0.05, 0.1) is 11.9 Å². The Bertz CT molecular complexity index is 1260. The van der Waals surface area contributed by atoms with Crippen LogP contribution in [0.4, 0.5) is 5.82 Å². The molecule has 0 radical (unpaired) electrons. The fourth-order valence-corrected chi connectivity index (χ4v) is 3.60. The van der Waals surface area contributed by atoms with Crippen LogP contribution >= 0.6 is 11.3 Å². The number of aromatic nitrogens is 4. The van der Waals surface area contributed by atoms with Crippen molar-refractivity contribution in [3.8, 4) is 35.2 Å². The zero-order valence-electron chi connectivity index (χ0n) is 15.0. The van der Waals surface area contributed by atoms with E-state index in [-0.39, 0.29) is 11.7 Å². The predicted octanol–water partition coefficient (Wildman–Crippen LogP) is 4.58. The molecule has 0 aliphatic rings. The summed E-state index contributed by atoms with van der Waals surface area (Å²) in [6.07, 6.45) is 12.0. The smallest absolute Gasteiger partial charge is 0.270 e. The number of nitrogens with two attached hydrogens (primary N) is 1. The number of terminal acetylenes is 1. The van der Waals surface area contributed by atoms with Gasteiger partial charge in [-0.05, 0) is 29.8 Å². The summed E-state index contributed by atoms with van der Waals surface area (Å²) in [6, 6.07) is 8.13. The van der Waals surface area contributed by atoms with Crippen molar-refractivity contribution < 1.29 is 4.42 Å². The van der Waals surface area contributed by atoms with E-state index in [1.807, 2.05) is 24.4 Å². The lowest BCUT2D eigenvalue weighted by Gasteiger charge is -2.05. The molecular formula is C21H15N5OS. The molecule has 4 rings (SSSR count). The molecule has 0 aliphatic heterocycles. The third-order valence-electron chi connectivity index (χ3n) is 4.06. The van der Waals surface area contributed by atoms with E-state index in [1.54, 1.807) is 35.8 Å². The van der Waals surface area contributed by atoms with E-state index in [0.29, 0.717) is 17.3 Å². The summed E-state index contributed by atoms with van der Waals surface area (Å²) in [5, 5.41) is 11.4. The van der Waals surface area contributed by atoms with E-state index in [1.165, 1.54) is 0 Å². The molecular weight excluding hydrogens is 370 g/mol. The van der Waals surface area contributed by atoms with Crippen molar-refractivity contribution in [1.29, 1.82) is 0 Å². The fraction of sp³-hybridized carbons (Fsp3) is 0.0476. The summed E-state index contributed by atoms with van der Waals surface area (Å²) < 4.78 is 6.89. The number of allylic oxidation sites excluding steroid dienone is 4. The molecule has 3 heterocycles. The van der Waals surface area contributed by atoms with Crippen molar-refractivity contribution in [3.05, 3.63) is 60.0 Å². The highest BCUT2D eigenvalue weighted by Crippen LogP contribution is 2.33. The molecule has 28 heavy (non-hydrogen) atoms. The second kappa shape index (κ2) is 7.47. The number of fused-ring (bicyclic) bond motifs is 1. The fourth-order valence-electron chi connectivity index (χ4n) is 2.68. The second-order valence-corrected chi connectivity index (χ2v) is 6.84. The Morgan fingerprint density at radius 1 is 1.29 bits per heavy atom. The minimum atomic E-state index is 0.217. The Labute approximate surface area is 165 Å². The number of rotatable bonds is 4. The SMILES string of the molecule is C#C/C=C\C=C(/C)c1nnc(-c2nc(-c3cccc4ccsc34)cnc2N)o1. The summed E-state index contributed by atoms with van der Waals surface area (Å²) in [5.41, 5.74) is 8.84. The number of hydrogen-bond acceptors (Lipinski definition) is 7. The second-order valence-electron chi connectivity index (χ2n) is 5.92. The van der Waals surface area contributed by atoms with Crippen molar-refractivity contribution in [1.82, 2.24) is 20.2 Å². The zero-order valence-corrected chi connectivity index (χ0v) is 15.8. The van der Waals surface area contributed by atoms with Crippen LogP contribution in [0.15, 0.2) is 58.5 Å². The third kappa shape index (κ3) is 3.29. The van der Waals surface area contributed by atoms with Gasteiger partial charge in [-0.1, -0.05) is 36.3 Å². The van der Waals surface area contributed by atoms with E-state index in [9.17, 15) is 0 Å². The summed E-state index contributed by atoms with van der Waals surface area (Å²) >= 11 is 1.65. The number of hydrogen-bond donors (Lipinski definition) is 1. The molecule has 0 unspecified atom stereocenters. The lowest BCUT2D eigenvalue weighted by atomic mass is 10.1. The molecule has 0 saturated carbocycles. The number of anilines is 1. The molecule has 7 heteroatoms. The molecule has 136 valence electrons. The molecule has 3 aromatic heterocycles. The van der Waals surface area contributed by atoms with Crippen LogP contribution < -0.4 is 5.73 Å².